The summed E-state index contributed by atoms with van der Waals surface area (Å²) in [5, 5.41) is 23.3. The molecule has 0 aromatic carbocycles. The van der Waals surface area contributed by atoms with Crippen LogP contribution in [0.15, 0.2) is 0 Å². The highest BCUT2D eigenvalue weighted by atomic mass is 16.5. The Morgan fingerprint density at radius 1 is 0.821 bits per heavy atom. The Labute approximate surface area is 162 Å². The molecule has 0 spiro atoms. The summed E-state index contributed by atoms with van der Waals surface area (Å²) in [5.74, 6) is -3.97. The van der Waals surface area contributed by atoms with Gasteiger partial charge in [0.2, 0.25) is 0 Å². The van der Waals surface area contributed by atoms with Gasteiger partial charge in [-0.1, -0.05) is 0 Å². The summed E-state index contributed by atoms with van der Waals surface area (Å²) < 4.78 is 10.1. The fraction of sp³-hybridized carbons (Fsp3) is 0.778. The molecule has 2 saturated heterocycles. The van der Waals surface area contributed by atoms with Crippen molar-refractivity contribution in [2.45, 2.75) is 38.9 Å². The smallest absolute Gasteiger partial charge is 0.321 e. The quantitative estimate of drug-likeness (QED) is 0.505. The van der Waals surface area contributed by atoms with Crippen LogP contribution in [0.2, 0.25) is 0 Å². The predicted molar refractivity (Wildman–Crippen MR) is 92.5 cm³/mol. The number of likely N-dealkylation sites (N-methyl/N-ethyl adjacent to an activating group) is 2. The van der Waals surface area contributed by atoms with Crippen molar-refractivity contribution in [3.63, 3.8) is 0 Å². The van der Waals surface area contributed by atoms with Crippen LogP contribution in [0.3, 0.4) is 0 Å². The molecule has 156 valence electrons. The molecule has 0 aromatic heterocycles. The van der Waals surface area contributed by atoms with Crippen LogP contribution < -0.4 is 0 Å². The summed E-state index contributed by atoms with van der Waals surface area (Å²) in [6.45, 7) is 5.49. The van der Waals surface area contributed by atoms with Crippen molar-refractivity contribution in [3.05, 3.63) is 0 Å². The van der Waals surface area contributed by atoms with E-state index in [4.69, 9.17) is 9.47 Å². The van der Waals surface area contributed by atoms with E-state index in [1.807, 2.05) is 0 Å². The topological polar surface area (TPSA) is 134 Å². The van der Waals surface area contributed by atoms with Crippen molar-refractivity contribution in [1.82, 2.24) is 9.80 Å². The van der Waals surface area contributed by atoms with Gasteiger partial charge in [-0.05, 0) is 27.7 Å². The molecule has 0 aromatic rings. The molecule has 3 fully saturated rings. The van der Waals surface area contributed by atoms with Crippen molar-refractivity contribution in [2.75, 3.05) is 39.4 Å². The minimum Gasteiger partial charge on any atom is -0.465 e. The molecule has 3 rings (SSSR count). The van der Waals surface area contributed by atoms with Gasteiger partial charge in [-0.3, -0.25) is 19.2 Å². The number of esters is 2. The number of nitrogens with zero attached hydrogens (tertiary/aromatic N) is 2. The van der Waals surface area contributed by atoms with Crippen molar-refractivity contribution in [2.24, 2.45) is 10.8 Å². The van der Waals surface area contributed by atoms with Crippen LogP contribution in [0.5, 0.6) is 0 Å². The summed E-state index contributed by atoms with van der Waals surface area (Å²) in [6.07, 6.45) is 0. The van der Waals surface area contributed by atoms with Crippen LogP contribution in [-0.4, -0.2) is 94.4 Å². The Morgan fingerprint density at radius 3 is 1.39 bits per heavy atom. The first-order valence-corrected chi connectivity index (χ1v) is 9.50. The second kappa shape index (κ2) is 6.15. The lowest BCUT2D eigenvalue weighted by Crippen LogP contribution is -2.92. The third kappa shape index (κ3) is 1.68. The average molecular weight is 398 g/mol. The number of aliphatic hydroxyl groups is 2. The van der Waals surface area contributed by atoms with Crippen LogP contribution >= 0.6 is 0 Å². The molecule has 0 atom stereocenters. The first kappa shape index (κ1) is 20.5. The highest BCUT2D eigenvalue weighted by molar-refractivity contribution is 6.17. The molecular formula is C18H26N2O8. The van der Waals surface area contributed by atoms with Gasteiger partial charge in [0, 0.05) is 26.2 Å². The Bertz CT molecular complexity index is 678. The van der Waals surface area contributed by atoms with E-state index in [1.165, 1.54) is 13.8 Å². The van der Waals surface area contributed by atoms with E-state index < -0.39 is 58.9 Å². The normalized spacial score (nSPS) is 38.8. The van der Waals surface area contributed by atoms with Crippen LogP contribution in [0.25, 0.3) is 0 Å². The molecule has 10 nitrogen and oxygen atoms in total. The molecule has 0 bridgehead atoms. The number of hydrogen-bond acceptors (Lipinski definition) is 8. The largest absolute Gasteiger partial charge is 0.465 e. The number of fused-ring (bicyclic) bond motifs is 4. The van der Waals surface area contributed by atoms with E-state index in [1.54, 1.807) is 13.8 Å². The van der Waals surface area contributed by atoms with Crippen LogP contribution in [-0.2, 0) is 28.7 Å². The van der Waals surface area contributed by atoms with E-state index in [0.29, 0.717) is 0 Å². The first-order valence-electron chi connectivity index (χ1n) is 9.50. The minimum atomic E-state index is -2.65. The van der Waals surface area contributed by atoms with Crippen molar-refractivity contribution < 1.29 is 38.9 Å². The van der Waals surface area contributed by atoms with E-state index in [0.717, 1.165) is 9.80 Å². The molecule has 0 unspecified atom stereocenters. The number of carbonyl (C=O) groups excluding carboxylic acids is 4. The molecule has 1 aliphatic carbocycles. The fourth-order valence-corrected chi connectivity index (χ4v) is 5.29. The third-order valence-electron chi connectivity index (χ3n) is 6.53. The van der Waals surface area contributed by atoms with Gasteiger partial charge in [-0.2, -0.15) is 0 Å². The van der Waals surface area contributed by atoms with Crippen LogP contribution in [0.1, 0.15) is 27.7 Å². The third-order valence-corrected chi connectivity index (χ3v) is 6.53. The zero-order valence-electron chi connectivity index (χ0n) is 16.5. The zero-order valence-corrected chi connectivity index (χ0v) is 16.5. The fourth-order valence-electron chi connectivity index (χ4n) is 5.29. The highest BCUT2D eigenvalue weighted by Crippen LogP contribution is 2.75. The Balaban J connectivity index is 2.33. The molecular weight excluding hydrogens is 372 g/mol. The average Bonchev–Trinajstić information content (AvgIpc) is 3.02. The number of rotatable bonds is 6. The summed E-state index contributed by atoms with van der Waals surface area (Å²) in [5.41, 5.74) is -9.92. The van der Waals surface area contributed by atoms with Crippen molar-refractivity contribution >= 4 is 23.8 Å². The molecule has 2 heterocycles. The molecule has 10 heteroatoms. The van der Waals surface area contributed by atoms with Gasteiger partial charge in [-0.25, -0.2) is 0 Å². The van der Waals surface area contributed by atoms with Gasteiger partial charge in [0.1, 0.15) is 0 Å². The van der Waals surface area contributed by atoms with Gasteiger partial charge < -0.3 is 29.5 Å². The SMILES string of the molecule is CCOC(=O)C12CN(CC)C(=O)C1(O)C1(C(=O)OCC)CN(CC)C(=O)C21O. The maximum atomic E-state index is 13.2. The standard InChI is InChI=1S/C18H26N2O8/c1-5-19-9-15(13(23)27-7-3)17(25,11(19)21)16(14(24)28-8-4)10-20(6-2)12(22)18(15,16)26/h25-26H,5-10H2,1-4H3. The second-order valence-corrected chi connectivity index (χ2v) is 7.31. The summed E-state index contributed by atoms with van der Waals surface area (Å²) in [6, 6.07) is 0. The van der Waals surface area contributed by atoms with Gasteiger partial charge in [0.15, 0.2) is 22.0 Å². The van der Waals surface area contributed by atoms with Crippen molar-refractivity contribution in [3.8, 4) is 0 Å². The lowest BCUT2D eigenvalue weighted by molar-refractivity contribution is -0.324. The van der Waals surface area contributed by atoms with Gasteiger partial charge in [-0.15, -0.1) is 0 Å². The molecule has 1 saturated carbocycles. The molecule has 28 heavy (non-hydrogen) atoms. The number of likely N-dealkylation sites (tertiary alicyclic amines) is 2. The predicted octanol–water partition coefficient (Wildman–Crippen LogP) is -1.71. The van der Waals surface area contributed by atoms with Gasteiger partial charge in [0.05, 0.1) is 13.2 Å². The van der Waals surface area contributed by atoms with Gasteiger partial charge in [0.25, 0.3) is 11.8 Å². The lowest BCUT2D eigenvalue weighted by Gasteiger charge is -2.64. The van der Waals surface area contributed by atoms with E-state index in [-0.39, 0.29) is 26.3 Å². The van der Waals surface area contributed by atoms with E-state index >= 15 is 0 Å². The summed E-state index contributed by atoms with van der Waals surface area (Å²) in [4.78, 5) is 54.6. The Morgan fingerprint density at radius 2 is 1.14 bits per heavy atom. The Hall–Kier alpha value is -2.20. The van der Waals surface area contributed by atoms with Gasteiger partial charge >= 0.3 is 11.9 Å². The lowest BCUT2D eigenvalue weighted by atomic mass is 9.35. The summed E-state index contributed by atoms with van der Waals surface area (Å²) >= 11 is 0. The highest BCUT2D eigenvalue weighted by Gasteiger charge is 3.03. The monoisotopic (exact) mass is 398 g/mol. The molecule has 2 aliphatic heterocycles. The molecule has 3 aliphatic rings. The van der Waals surface area contributed by atoms with Crippen molar-refractivity contribution in [1.29, 1.82) is 0 Å². The maximum absolute atomic E-state index is 13.2. The van der Waals surface area contributed by atoms with E-state index in [9.17, 15) is 29.4 Å². The zero-order chi connectivity index (χ0) is 21.1. The van der Waals surface area contributed by atoms with Crippen LogP contribution in [0, 0.1) is 10.8 Å². The summed E-state index contributed by atoms with van der Waals surface area (Å²) in [7, 11) is 0. The maximum Gasteiger partial charge on any atom is 0.321 e. The molecule has 2 amide bonds. The molecule has 0 radical (unpaired) electrons. The first-order chi connectivity index (χ1) is 13.1. The number of amides is 2. The second-order valence-electron chi connectivity index (χ2n) is 7.31. The minimum absolute atomic E-state index is 0.0921. The number of hydrogen-bond donors (Lipinski definition) is 2. The molecule has 2 N–H and O–H groups in total. The van der Waals surface area contributed by atoms with Crippen LogP contribution in [0.4, 0.5) is 0 Å². The van der Waals surface area contributed by atoms with E-state index in [2.05, 4.69) is 0 Å². The Kier molecular flexibility index (Phi) is 4.51. The number of carbonyl (C=O) groups is 4. The number of ether oxygens (including phenoxy) is 2.